The van der Waals surface area contributed by atoms with Gasteiger partial charge in [0.25, 0.3) is 0 Å². The third kappa shape index (κ3) is 12.9. The maximum Gasteiger partial charge on any atom is 0.400 e. The van der Waals surface area contributed by atoms with Crippen molar-refractivity contribution in [1.82, 2.24) is 0 Å². The summed E-state index contributed by atoms with van der Waals surface area (Å²) in [5, 5.41) is 0. The maximum absolute atomic E-state index is 12.3. The van der Waals surface area contributed by atoms with Crippen molar-refractivity contribution < 1.29 is 16.8 Å². The van der Waals surface area contributed by atoms with Crippen molar-refractivity contribution in [3.8, 4) is 0 Å². The Balaban J connectivity index is 4.60. The van der Waals surface area contributed by atoms with Crippen LogP contribution in [0, 0.1) is 0 Å². The first-order chi connectivity index (χ1) is 11.0. The molecule has 23 heavy (non-hydrogen) atoms. The fraction of sp³-hybridized carbons (Fsp3) is 1.00. The van der Waals surface area contributed by atoms with Gasteiger partial charge in [0.05, 0.1) is 12.2 Å². The zero-order chi connectivity index (χ0) is 17.6. The topological polar surface area (TPSA) is 52.6 Å². The lowest BCUT2D eigenvalue weighted by atomic mass is 10.1. The highest BCUT2D eigenvalue weighted by Crippen LogP contribution is 2.20. The molecule has 0 aromatic heterocycles. The highest BCUT2D eigenvalue weighted by atomic mass is 32.3. The van der Waals surface area contributed by atoms with Crippen molar-refractivity contribution in [1.29, 1.82) is 0 Å². The molecule has 0 N–H and O–H groups in total. The van der Waals surface area contributed by atoms with E-state index in [-0.39, 0.29) is 12.2 Å². The Morgan fingerprint density at radius 3 is 1.09 bits per heavy atom. The molecule has 140 valence electrons. The fourth-order valence-electron chi connectivity index (χ4n) is 2.56. The van der Waals surface area contributed by atoms with Gasteiger partial charge in [-0.1, -0.05) is 79.1 Å². The summed E-state index contributed by atoms with van der Waals surface area (Å²) >= 11 is 0. The van der Waals surface area contributed by atoms with E-state index >= 15 is 0 Å². The average Bonchev–Trinajstić information content (AvgIpc) is 2.52. The minimum Gasteiger partial charge on any atom is -0.245 e. The van der Waals surface area contributed by atoms with Gasteiger partial charge in [0.2, 0.25) is 0 Å². The summed E-state index contributed by atoms with van der Waals surface area (Å²) in [5.74, 6) is 0. The smallest absolute Gasteiger partial charge is 0.245 e. The predicted molar refractivity (Wildman–Crippen MR) is 96.8 cm³/mol. The molecule has 5 heteroatoms. The molecule has 0 aliphatic carbocycles. The molecule has 0 heterocycles. The van der Waals surface area contributed by atoms with Crippen LogP contribution in [0.2, 0.25) is 0 Å². The molecule has 0 radical (unpaired) electrons. The molecule has 0 rings (SSSR count). The van der Waals surface area contributed by atoms with Crippen LogP contribution in [-0.2, 0) is 18.8 Å². The second-order valence-corrected chi connectivity index (χ2v) is 7.62. The van der Waals surface area contributed by atoms with Crippen LogP contribution in [0.4, 0.5) is 0 Å². The first kappa shape index (κ1) is 22.9. The average molecular weight is 351 g/mol. The quantitative estimate of drug-likeness (QED) is 0.355. The van der Waals surface area contributed by atoms with E-state index < -0.39 is 10.4 Å². The van der Waals surface area contributed by atoms with Crippen LogP contribution < -0.4 is 0 Å². The molecule has 0 aromatic carbocycles. The van der Waals surface area contributed by atoms with Gasteiger partial charge in [-0.2, -0.15) is 8.42 Å². The molecule has 0 atom stereocenters. The van der Waals surface area contributed by atoms with Crippen LogP contribution in [0.15, 0.2) is 0 Å². The van der Waals surface area contributed by atoms with Gasteiger partial charge in [0.15, 0.2) is 0 Å². The lowest BCUT2D eigenvalue weighted by Crippen LogP contribution is -2.25. The summed E-state index contributed by atoms with van der Waals surface area (Å²) in [6.07, 6.45) is 10.8. The van der Waals surface area contributed by atoms with Crippen molar-refractivity contribution in [2.24, 2.45) is 0 Å². The first-order valence-corrected chi connectivity index (χ1v) is 10.9. The normalized spacial score (nSPS) is 12.4. The van der Waals surface area contributed by atoms with Gasteiger partial charge >= 0.3 is 10.4 Å². The molecule has 0 bridgehead atoms. The Kier molecular flexibility index (Phi) is 14.2. The molecule has 0 aliphatic heterocycles. The van der Waals surface area contributed by atoms with Gasteiger partial charge < -0.3 is 0 Å². The van der Waals surface area contributed by atoms with Gasteiger partial charge in [0, 0.05) is 0 Å². The number of hydrogen-bond acceptors (Lipinski definition) is 4. The van der Waals surface area contributed by atoms with E-state index in [1.807, 2.05) is 0 Å². The number of rotatable bonds is 16. The summed E-state index contributed by atoms with van der Waals surface area (Å²) in [7, 11) is -3.90. The zero-order valence-electron chi connectivity index (χ0n) is 15.7. The van der Waals surface area contributed by atoms with Gasteiger partial charge in [-0.3, -0.25) is 0 Å². The number of hydrogen-bond donors (Lipinski definition) is 0. The van der Waals surface area contributed by atoms with Crippen molar-refractivity contribution >= 4 is 10.4 Å². The lowest BCUT2D eigenvalue weighted by Gasteiger charge is -2.20. The van der Waals surface area contributed by atoms with Crippen molar-refractivity contribution in [2.45, 2.75) is 117 Å². The highest BCUT2D eigenvalue weighted by Gasteiger charge is 2.24. The Morgan fingerprint density at radius 1 is 0.609 bits per heavy atom. The number of unbranched alkanes of at least 4 members (excludes halogenated alkanes) is 4. The van der Waals surface area contributed by atoms with E-state index in [1.54, 1.807) is 0 Å². The molecule has 0 aliphatic rings. The molecular formula is C18H38O4S. The fourth-order valence-corrected chi connectivity index (χ4v) is 3.66. The largest absolute Gasteiger partial charge is 0.400 e. The van der Waals surface area contributed by atoms with Gasteiger partial charge in [-0.25, -0.2) is 8.37 Å². The van der Waals surface area contributed by atoms with Crippen molar-refractivity contribution in [3.63, 3.8) is 0 Å². The van der Waals surface area contributed by atoms with Crippen LogP contribution in [0.25, 0.3) is 0 Å². The van der Waals surface area contributed by atoms with E-state index in [9.17, 15) is 8.42 Å². The SMILES string of the molecule is CCCCC(CCCC)OS(=O)(=O)OC(CCCC)CCCC. The summed E-state index contributed by atoms with van der Waals surface area (Å²) in [6.45, 7) is 8.42. The van der Waals surface area contributed by atoms with Gasteiger partial charge in [0.1, 0.15) is 0 Å². The maximum atomic E-state index is 12.3. The predicted octanol–water partition coefficient (Wildman–Crippen LogP) is 5.76. The van der Waals surface area contributed by atoms with Crippen LogP contribution in [0.3, 0.4) is 0 Å². The second-order valence-electron chi connectivity index (χ2n) is 6.41. The van der Waals surface area contributed by atoms with E-state index in [0.717, 1.165) is 77.0 Å². The second kappa shape index (κ2) is 14.2. The summed E-state index contributed by atoms with van der Waals surface area (Å²) in [6, 6.07) is 0. The van der Waals surface area contributed by atoms with E-state index in [4.69, 9.17) is 8.37 Å². The molecular weight excluding hydrogens is 312 g/mol. The molecule has 0 aromatic rings. The Morgan fingerprint density at radius 2 is 0.870 bits per heavy atom. The highest BCUT2D eigenvalue weighted by molar-refractivity contribution is 7.81. The minimum absolute atomic E-state index is 0.238. The van der Waals surface area contributed by atoms with Crippen LogP contribution in [0.5, 0.6) is 0 Å². The Labute approximate surface area is 144 Å². The molecule has 0 spiro atoms. The first-order valence-electron chi connectivity index (χ1n) is 9.60. The molecule has 0 saturated heterocycles. The lowest BCUT2D eigenvalue weighted by molar-refractivity contribution is 0.102. The Bertz CT molecular complexity index is 310. The Hall–Kier alpha value is -0.130. The summed E-state index contributed by atoms with van der Waals surface area (Å²) < 4.78 is 35.3. The van der Waals surface area contributed by atoms with E-state index in [2.05, 4.69) is 27.7 Å². The standard InChI is InChI=1S/C18H38O4S/c1-5-9-13-17(14-10-6-2)21-23(19,20)22-18(15-11-7-3)16-12-8-4/h17-18H,5-16H2,1-4H3. The third-order valence-electron chi connectivity index (χ3n) is 4.03. The summed E-state index contributed by atoms with van der Waals surface area (Å²) in [5.41, 5.74) is 0. The molecule has 0 fully saturated rings. The van der Waals surface area contributed by atoms with Gasteiger partial charge in [-0.15, -0.1) is 0 Å². The van der Waals surface area contributed by atoms with Gasteiger partial charge in [-0.05, 0) is 25.7 Å². The molecule has 0 saturated carbocycles. The van der Waals surface area contributed by atoms with Crippen LogP contribution in [-0.4, -0.2) is 20.6 Å². The van der Waals surface area contributed by atoms with Crippen molar-refractivity contribution in [2.75, 3.05) is 0 Å². The monoisotopic (exact) mass is 350 g/mol. The van der Waals surface area contributed by atoms with E-state index in [0.29, 0.717) is 0 Å². The minimum atomic E-state index is -3.90. The summed E-state index contributed by atoms with van der Waals surface area (Å²) in [4.78, 5) is 0. The van der Waals surface area contributed by atoms with E-state index in [1.165, 1.54) is 0 Å². The molecule has 0 unspecified atom stereocenters. The van der Waals surface area contributed by atoms with Crippen LogP contribution in [0.1, 0.15) is 105 Å². The zero-order valence-corrected chi connectivity index (χ0v) is 16.5. The molecule has 4 nitrogen and oxygen atoms in total. The molecule has 0 amide bonds. The third-order valence-corrected chi connectivity index (χ3v) is 5.04. The van der Waals surface area contributed by atoms with Crippen molar-refractivity contribution in [3.05, 3.63) is 0 Å². The van der Waals surface area contributed by atoms with Crippen LogP contribution >= 0.6 is 0 Å².